The van der Waals surface area contributed by atoms with E-state index >= 15 is 0 Å². The molecule has 0 saturated heterocycles. The van der Waals surface area contributed by atoms with Crippen molar-refractivity contribution < 1.29 is 4.42 Å². The second kappa shape index (κ2) is 6.99. The predicted octanol–water partition coefficient (Wildman–Crippen LogP) is 4.47. The Kier molecular flexibility index (Phi) is 4.96. The number of benzene rings is 1. The monoisotopic (exact) mass is 363 g/mol. The number of rotatable bonds is 5. The SMILES string of the molecule is CCc1cc2oc(=O)cc(CSc3nncn3C(C)C)c2cc1Cl. The van der Waals surface area contributed by atoms with E-state index in [1.165, 1.54) is 6.07 Å². The van der Waals surface area contributed by atoms with Gasteiger partial charge in [-0.1, -0.05) is 30.3 Å². The van der Waals surface area contributed by atoms with E-state index < -0.39 is 0 Å². The molecular weight excluding hydrogens is 346 g/mol. The Labute approximate surface area is 149 Å². The first-order valence-corrected chi connectivity index (χ1v) is 9.13. The third-order valence-electron chi connectivity index (χ3n) is 3.83. The average Bonchev–Trinajstić information content (AvgIpc) is 3.01. The van der Waals surface area contributed by atoms with Crippen molar-refractivity contribution in [1.82, 2.24) is 14.8 Å². The van der Waals surface area contributed by atoms with E-state index in [2.05, 4.69) is 24.0 Å². The predicted molar refractivity (Wildman–Crippen MR) is 96.8 cm³/mol. The van der Waals surface area contributed by atoms with Gasteiger partial charge in [0.1, 0.15) is 11.9 Å². The highest BCUT2D eigenvalue weighted by Gasteiger charge is 2.13. The van der Waals surface area contributed by atoms with Crippen molar-refractivity contribution in [1.29, 1.82) is 0 Å². The van der Waals surface area contributed by atoms with Gasteiger partial charge in [0, 0.05) is 28.3 Å². The van der Waals surface area contributed by atoms with Gasteiger partial charge in [0.05, 0.1) is 0 Å². The van der Waals surface area contributed by atoms with Crippen molar-refractivity contribution in [2.45, 2.75) is 44.1 Å². The fraction of sp³-hybridized carbons (Fsp3) is 0.353. The van der Waals surface area contributed by atoms with Crippen molar-refractivity contribution in [3.63, 3.8) is 0 Å². The van der Waals surface area contributed by atoms with Crippen LogP contribution in [0.1, 0.15) is 37.9 Å². The Morgan fingerprint density at radius 2 is 2.08 bits per heavy atom. The van der Waals surface area contributed by atoms with Crippen molar-refractivity contribution in [2.75, 3.05) is 0 Å². The van der Waals surface area contributed by atoms with Crippen LogP contribution in [0.2, 0.25) is 5.02 Å². The number of aryl methyl sites for hydroxylation is 1. The van der Waals surface area contributed by atoms with Crippen LogP contribution < -0.4 is 5.63 Å². The normalized spacial score (nSPS) is 11.5. The van der Waals surface area contributed by atoms with E-state index in [4.69, 9.17) is 16.0 Å². The van der Waals surface area contributed by atoms with Crippen LogP contribution in [0, 0.1) is 0 Å². The molecule has 0 aliphatic heterocycles. The minimum absolute atomic E-state index is 0.279. The zero-order valence-corrected chi connectivity index (χ0v) is 15.3. The standard InChI is InChI=1S/C17H18ClN3O2S/c1-4-11-5-15-13(7-14(11)18)12(6-16(22)23-15)8-24-17-20-19-9-21(17)10(2)3/h5-7,9-10H,4,8H2,1-3H3. The van der Waals surface area contributed by atoms with E-state index in [0.717, 1.165) is 28.1 Å². The van der Waals surface area contributed by atoms with Crippen LogP contribution in [0.15, 0.2) is 38.9 Å². The summed E-state index contributed by atoms with van der Waals surface area (Å²) in [7, 11) is 0. The smallest absolute Gasteiger partial charge is 0.336 e. The maximum Gasteiger partial charge on any atom is 0.336 e. The van der Waals surface area contributed by atoms with Crippen molar-refractivity contribution >= 4 is 34.3 Å². The van der Waals surface area contributed by atoms with Gasteiger partial charge in [0.2, 0.25) is 0 Å². The molecule has 0 aliphatic carbocycles. The lowest BCUT2D eigenvalue weighted by Crippen LogP contribution is -2.03. The first-order chi connectivity index (χ1) is 11.5. The third kappa shape index (κ3) is 3.35. The molecule has 0 fully saturated rings. The Morgan fingerprint density at radius 3 is 2.79 bits per heavy atom. The molecule has 0 bridgehead atoms. The first kappa shape index (κ1) is 17.0. The van der Waals surface area contributed by atoms with Crippen LogP contribution in [-0.4, -0.2) is 14.8 Å². The summed E-state index contributed by atoms with van der Waals surface area (Å²) in [5.74, 6) is 0.593. The lowest BCUT2D eigenvalue weighted by molar-refractivity contribution is 0.549. The fourth-order valence-corrected chi connectivity index (χ4v) is 3.84. The van der Waals surface area contributed by atoms with E-state index in [-0.39, 0.29) is 11.7 Å². The fourth-order valence-electron chi connectivity index (χ4n) is 2.51. The minimum atomic E-state index is -0.354. The molecule has 126 valence electrons. The quantitative estimate of drug-likeness (QED) is 0.494. The van der Waals surface area contributed by atoms with Crippen molar-refractivity contribution in [3.8, 4) is 0 Å². The van der Waals surface area contributed by atoms with Crippen LogP contribution in [0.25, 0.3) is 11.0 Å². The summed E-state index contributed by atoms with van der Waals surface area (Å²) in [6.07, 6.45) is 2.50. The Balaban J connectivity index is 1.98. The van der Waals surface area contributed by atoms with E-state index in [1.54, 1.807) is 18.1 Å². The highest BCUT2D eigenvalue weighted by Crippen LogP contribution is 2.30. The van der Waals surface area contributed by atoms with Crippen LogP contribution in [0.3, 0.4) is 0 Å². The number of halogens is 1. The van der Waals surface area contributed by atoms with E-state index in [0.29, 0.717) is 16.4 Å². The molecule has 1 aromatic carbocycles. The Morgan fingerprint density at radius 1 is 1.29 bits per heavy atom. The summed E-state index contributed by atoms with van der Waals surface area (Å²) in [5, 5.41) is 10.5. The zero-order chi connectivity index (χ0) is 17.3. The molecule has 2 aromatic heterocycles. The molecule has 3 aromatic rings. The molecule has 0 spiro atoms. The molecule has 0 radical (unpaired) electrons. The van der Waals surface area contributed by atoms with E-state index in [9.17, 15) is 4.79 Å². The van der Waals surface area contributed by atoms with Gasteiger partial charge >= 0.3 is 5.63 Å². The van der Waals surface area contributed by atoms with Crippen LogP contribution in [0.4, 0.5) is 0 Å². The lowest BCUT2D eigenvalue weighted by Gasteiger charge is -2.10. The van der Waals surface area contributed by atoms with Gasteiger partial charge in [0.15, 0.2) is 5.16 Å². The minimum Gasteiger partial charge on any atom is -0.423 e. The van der Waals surface area contributed by atoms with Crippen molar-refractivity contribution in [2.24, 2.45) is 0 Å². The van der Waals surface area contributed by atoms with Gasteiger partial charge in [-0.25, -0.2) is 4.79 Å². The summed E-state index contributed by atoms with van der Waals surface area (Å²) in [4.78, 5) is 11.9. The maximum atomic E-state index is 11.9. The number of hydrogen-bond acceptors (Lipinski definition) is 5. The van der Waals surface area contributed by atoms with Crippen LogP contribution in [-0.2, 0) is 12.2 Å². The lowest BCUT2D eigenvalue weighted by atomic mass is 10.1. The molecule has 2 heterocycles. The second-order valence-electron chi connectivity index (χ2n) is 5.79. The van der Waals surface area contributed by atoms with Crippen molar-refractivity contribution in [3.05, 3.63) is 51.1 Å². The summed E-state index contributed by atoms with van der Waals surface area (Å²) in [5.41, 5.74) is 2.07. The Bertz CT molecular complexity index is 933. The topological polar surface area (TPSA) is 60.9 Å². The largest absolute Gasteiger partial charge is 0.423 e. The molecule has 24 heavy (non-hydrogen) atoms. The van der Waals surface area contributed by atoms with Gasteiger partial charge in [-0.05, 0) is 43.5 Å². The number of nitrogens with zero attached hydrogens (tertiary/aromatic N) is 3. The summed E-state index contributed by atoms with van der Waals surface area (Å²) < 4.78 is 7.34. The first-order valence-electron chi connectivity index (χ1n) is 7.77. The average molecular weight is 364 g/mol. The molecule has 0 atom stereocenters. The van der Waals surface area contributed by atoms with Gasteiger partial charge in [-0.2, -0.15) is 0 Å². The molecule has 7 heteroatoms. The van der Waals surface area contributed by atoms with Gasteiger partial charge in [0.25, 0.3) is 0 Å². The number of thioether (sulfide) groups is 1. The molecule has 0 amide bonds. The highest BCUT2D eigenvalue weighted by atomic mass is 35.5. The molecule has 0 unspecified atom stereocenters. The highest BCUT2D eigenvalue weighted by molar-refractivity contribution is 7.98. The van der Waals surface area contributed by atoms with Gasteiger partial charge < -0.3 is 8.98 Å². The Hall–Kier alpha value is -1.79. The summed E-state index contributed by atoms with van der Waals surface area (Å²) in [6, 6.07) is 5.53. The number of aromatic nitrogens is 3. The molecule has 0 aliphatic rings. The van der Waals surface area contributed by atoms with Crippen LogP contribution in [0.5, 0.6) is 0 Å². The molecule has 5 nitrogen and oxygen atoms in total. The molecular formula is C17H18ClN3O2S. The summed E-state index contributed by atoms with van der Waals surface area (Å²) in [6.45, 7) is 6.17. The molecule has 0 N–H and O–H groups in total. The second-order valence-corrected chi connectivity index (χ2v) is 7.14. The third-order valence-corrected chi connectivity index (χ3v) is 5.19. The maximum absolute atomic E-state index is 11.9. The zero-order valence-electron chi connectivity index (χ0n) is 13.7. The molecule has 3 rings (SSSR count). The summed E-state index contributed by atoms with van der Waals surface area (Å²) >= 11 is 7.87. The molecule has 0 saturated carbocycles. The van der Waals surface area contributed by atoms with Gasteiger partial charge in [-0.15, -0.1) is 10.2 Å². The van der Waals surface area contributed by atoms with Crippen LogP contribution >= 0.6 is 23.4 Å². The number of hydrogen-bond donors (Lipinski definition) is 0. The number of fused-ring (bicyclic) bond motifs is 1. The van der Waals surface area contributed by atoms with E-state index in [1.807, 2.05) is 23.6 Å². The van der Waals surface area contributed by atoms with Gasteiger partial charge in [-0.3, -0.25) is 0 Å².